The van der Waals surface area contributed by atoms with Crippen molar-refractivity contribution in [3.63, 3.8) is 0 Å². The number of nitrogens with zero attached hydrogens (tertiary/aromatic N) is 1. The van der Waals surface area contributed by atoms with E-state index < -0.39 is 33.3 Å². The summed E-state index contributed by atoms with van der Waals surface area (Å²) < 4.78 is 36.2. The van der Waals surface area contributed by atoms with Gasteiger partial charge in [0.2, 0.25) is 0 Å². The lowest BCUT2D eigenvalue weighted by atomic mass is 9.32. The molecule has 0 aromatic heterocycles. The fourth-order valence-corrected chi connectivity index (χ4v) is 15.6. The summed E-state index contributed by atoms with van der Waals surface area (Å²) in [7, 11) is -3.05. The molecule has 6 rings (SSSR count). The molecule has 1 aliphatic heterocycles. The quantitative estimate of drug-likeness (QED) is 0.136. The Bertz CT molecular complexity index is 1670. The van der Waals surface area contributed by atoms with E-state index in [0.717, 1.165) is 51.4 Å². The predicted molar refractivity (Wildman–Crippen MR) is 222 cm³/mol. The number of carboxylic acids is 1. The first-order valence-electron chi connectivity index (χ1n) is 22.1. The van der Waals surface area contributed by atoms with Crippen LogP contribution in [0.25, 0.3) is 0 Å². The van der Waals surface area contributed by atoms with E-state index in [4.69, 9.17) is 9.47 Å². The van der Waals surface area contributed by atoms with E-state index in [1.165, 1.54) is 18.4 Å². The van der Waals surface area contributed by atoms with E-state index in [-0.39, 0.29) is 57.3 Å². The summed E-state index contributed by atoms with van der Waals surface area (Å²) >= 11 is 0. The van der Waals surface area contributed by atoms with Gasteiger partial charge >= 0.3 is 18.0 Å². The second-order valence-electron chi connectivity index (χ2n) is 21.4. The van der Waals surface area contributed by atoms with Gasteiger partial charge in [-0.1, -0.05) is 46.8 Å². The van der Waals surface area contributed by atoms with Crippen LogP contribution in [0.1, 0.15) is 133 Å². The van der Waals surface area contributed by atoms with Crippen LogP contribution in [0.5, 0.6) is 0 Å². The van der Waals surface area contributed by atoms with Gasteiger partial charge in [-0.25, -0.2) is 13.2 Å². The van der Waals surface area contributed by atoms with E-state index in [9.17, 15) is 27.9 Å². The minimum Gasteiger partial charge on any atom is -0.481 e. The van der Waals surface area contributed by atoms with Gasteiger partial charge in [-0.3, -0.25) is 14.5 Å². The lowest BCUT2D eigenvalue weighted by molar-refractivity contribution is -0.246. The Balaban J connectivity index is 1.23. The zero-order valence-corrected chi connectivity index (χ0v) is 37.5. The average molecular weight is 818 g/mol. The number of esters is 1. The molecule has 1 heterocycles. The summed E-state index contributed by atoms with van der Waals surface area (Å²) in [6.45, 7) is 26.5. The van der Waals surface area contributed by atoms with E-state index in [0.29, 0.717) is 62.4 Å². The Kier molecular flexibility index (Phi) is 12.2. The summed E-state index contributed by atoms with van der Waals surface area (Å²) in [4.78, 5) is 39.6. The summed E-state index contributed by atoms with van der Waals surface area (Å²) in [6, 6.07) is -0.0537. The molecule has 0 aromatic carbocycles. The van der Waals surface area contributed by atoms with Gasteiger partial charge in [-0.05, 0) is 138 Å². The van der Waals surface area contributed by atoms with Gasteiger partial charge in [0.05, 0.1) is 29.9 Å². The van der Waals surface area contributed by atoms with Crippen LogP contribution < -0.4 is 10.6 Å². The molecule has 1 unspecified atom stereocenters. The van der Waals surface area contributed by atoms with Crippen molar-refractivity contribution in [2.75, 3.05) is 44.3 Å². The largest absolute Gasteiger partial charge is 0.481 e. The van der Waals surface area contributed by atoms with E-state index in [1.54, 1.807) is 20.8 Å². The van der Waals surface area contributed by atoms with Crippen molar-refractivity contribution in [2.45, 2.75) is 151 Å². The number of carboxylic acid groups (broad SMARTS) is 1. The molecule has 11 nitrogen and oxygen atoms in total. The molecule has 1 saturated heterocycles. The number of ether oxygens (including phenoxy) is 2. The number of sulfone groups is 1. The molecular formula is C45H75N3O8S. The molecule has 11 atom stereocenters. The van der Waals surface area contributed by atoms with E-state index in [2.05, 4.69) is 63.7 Å². The third kappa shape index (κ3) is 7.83. The number of carbonyl (C=O) groups is 3. The molecule has 57 heavy (non-hydrogen) atoms. The molecule has 0 spiro atoms. The smallest absolute Gasteiger partial charge is 0.407 e. The summed E-state index contributed by atoms with van der Waals surface area (Å²) in [5, 5.41) is 16.8. The van der Waals surface area contributed by atoms with Gasteiger partial charge in [-0.2, -0.15) is 0 Å². The molecule has 12 heteroatoms. The second kappa shape index (κ2) is 15.7. The number of aliphatic carboxylic acids is 1. The number of rotatable bonds is 12. The standard InChI is InChI=1S/C45H75N3O8S/c1-11-55-39(52)46-27-30(48-22-24-57(53,54)25-23-48)28-47-45-19-14-31(29(2)3)37(45)32-12-13-34-42(8)17-16-35(56-36(49)26-40(4,5)38(50)51)41(6,7)33(42)15-18-44(34,10)43(32,9)20-21-45/h30-35,37,47H,2,11-28H2,1,3-10H3,(H,46,52)(H,50,51)/t30?,31-,32+,33-,34+,35-,37+,42-,43+,44+,45-/m0/s1. The monoisotopic (exact) mass is 818 g/mol. The molecule has 5 aliphatic carbocycles. The minimum atomic E-state index is -3.05. The van der Waals surface area contributed by atoms with Crippen molar-refractivity contribution in [3.05, 3.63) is 12.2 Å². The third-order valence-corrected chi connectivity index (χ3v) is 19.4. The van der Waals surface area contributed by atoms with Gasteiger partial charge in [0, 0.05) is 43.2 Å². The normalized spacial score (nSPS) is 40.3. The highest BCUT2D eigenvalue weighted by atomic mass is 32.2. The molecule has 5 saturated carbocycles. The Morgan fingerprint density at radius 1 is 0.895 bits per heavy atom. The van der Waals surface area contributed by atoms with Gasteiger partial charge in [0.15, 0.2) is 9.84 Å². The number of hydrogen-bond donors (Lipinski definition) is 3. The van der Waals surface area contributed by atoms with Gasteiger partial charge in [-0.15, -0.1) is 0 Å². The Hall–Kier alpha value is -2.18. The number of fused-ring (bicyclic) bond motifs is 7. The molecule has 0 bridgehead atoms. The average Bonchev–Trinajstić information content (AvgIpc) is 3.50. The first-order chi connectivity index (χ1) is 26.5. The number of allylic oxidation sites excluding steroid dienone is 1. The molecule has 1 amide bonds. The number of carbonyl (C=O) groups excluding carboxylic acids is 2. The van der Waals surface area contributed by atoms with Crippen molar-refractivity contribution in [2.24, 2.45) is 56.7 Å². The predicted octanol–water partition coefficient (Wildman–Crippen LogP) is 7.24. The van der Waals surface area contributed by atoms with Crippen LogP contribution in [-0.4, -0.2) is 98.4 Å². The van der Waals surface area contributed by atoms with Gasteiger partial charge in [0.1, 0.15) is 6.10 Å². The number of hydrogen-bond acceptors (Lipinski definition) is 9. The van der Waals surface area contributed by atoms with Gasteiger partial charge < -0.3 is 25.2 Å². The van der Waals surface area contributed by atoms with Crippen molar-refractivity contribution in [1.82, 2.24) is 15.5 Å². The van der Waals surface area contributed by atoms with Crippen LogP contribution in [-0.2, 0) is 28.9 Å². The van der Waals surface area contributed by atoms with Crippen molar-refractivity contribution < 1.29 is 37.4 Å². The summed E-state index contributed by atoms with van der Waals surface area (Å²) in [6.07, 6.45) is 10.0. The maximum Gasteiger partial charge on any atom is 0.407 e. The number of alkyl carbamates (subject to hydrolysis) is 1. The molecule has 6 aliphatic rings. The van der Waals surface area contributed by atoms with Crippen LogP contribution in [0, 0.1) is 56.7 Å². The van der Waals surface area contributed by atoms with Gasteiger partial charge in [0.25, 0.3) is 0 Å². The Morgan fingerprint density at radius 3 is 2.21 bits per heavy atom. The second-order valence-corrected chi connectivity index (χ2v) is 23.7. The molecule has 0 radical (unpaired) electrons. The fourth-order valence-electron chi connectivity index (χ4n) is 14.4. The summed E-state index contributed by atoms with van der Waals surface area (Å²) in [5.74, 6) is 1.23. The topological polar surface area (TPSA) is 151 Å². The fraction of sp³-hybridized carbons (Fsp3) is 0.889. The Labute approximate surface area is 343 Å². The zero-order chi connectivity index (χ0) is 42.0. The maximum atomic E-state index is 13.2. The van der Waals surface area contributed by atoms with Crippen LogP contribution in [0.3, 0.4) is 0 Å². The van der Waals surface area contributed by atoms with Crippen molar-refractivity contribution in [1.29, 1.82) is 0 Å². The van der Waals surface area contributed by atoms with Crippen molar-refractivity contribution >= 4 is 27.9 Å². The zero-order valence-electron chi connectivity index (χ0n) is 36.6. The highest BCUT2D eigenvalue weighted by molar-refractivity contribution is 7.91. The van der Waals surface area contributed by atoms with Crippen molar-refractivity contribution in [3.8, 4) is 0 Å². The summed E-state index contributed by atoms with van der Waals surface area (Å²) in [5.41, 5.74) is 0.216. The lowest BCUT2D eigenvalue weighted by Gasteiger charge is -2.73. The first-order valence-corrected chi connectivity index (χ1v) is 24.0. The molecular weight excluding hydrogens is 743 g/mol. The molecule has 324 valence electrons. The molecule has 0 aromatic rings. The highest BCUT2D eigenvalue weighted by Gasteiger charge is 2.71. The molecule has 3 N–H and O–H groups in total. The first kappa shape index (κ1) is 44.4. The lowest BCUT2D eigenvalue weighted by Crippen LogP contribution is -2.69. The van der Waals surface area contributed by atoms with Crippen LogP contribution in [0.15, 0.2) is 12.2 Å². The number of amides is 1. The van der Waals surface area contributed by atoms with E-state index in [1.807, 2.05) is 0 Å². The highest BCUT2D eigenvalue weighted by Crippen LogP contribution is 2.76. The molecule has 6 fully saturated rings. The van der Waals surface area contributed by atoms with Crippen LogP contribution in [0.2, 0.25) is 0 Å². The third-order valence-electron chi connectivity index (χ3n) is 17.8. The Morgan fingerprint density at radius 2 is 1.58 bits per heavy atom. The maximum absolute atomic E-state index is 13.2. The number of nitrogens with one attached hydrogen (secondary N) is 2. The van der Waals surface area contributed by atoms with Crippen LogP contribution in [0.4, 0.5) is 4.79 Å². The van der Waals surface area contributed by atoms with E-state index >= 15 is 0 Å². The SMILES string of the molecule is C=C(C)[C@@H]1CC[C@]2(NCC(CNC(=O)OCC)N3CCS(=O)(=O)CC3)CC[C@]3(C)[C@H](CC[C@@H]4[C@@]5(C)CC[C@H](OC(=O)CC(C)(C)C(=O)O)C(C)(C)[C@@H]5CC[C@]43C)[C@@H]12. The minimum absolute atomic E-state index is 0.0537. The van der Waals surface area contributed by atoms with Crippen LogP contribution >= 0.6 is 0 Å².